The van der Waals surface area contributed by atoms with Crippen LogP contribution in [-0.4, -0.2) is 79.9 Å². The summed E-state index contributed by atoms with van der Waals surface area (Å²) in [7, 11) is -9.86. The fraction of sp³-hybridized carbons (Fsp3) is 0.0690. The molecule has 266 valence electrons. The summed E-state index contributed by atoms with van der Waals surface area (Å²) < 4.78 is 92.1. The first-order valence-electron chi connectivity index (χ1n) is 13.6. The summed E-state index contributed by atoms with van der Waals surface area (Å²) in [6, 6.07) is 6.16. The average molecular weight is 779 g/mol. The lowest BCUT2D eigenvalue weighted by Gasteiger charge is -2.15. The van der Waals surface area contributed by atoms with Crippen molar-refractivity contribution in [3.63, 3.8) is 0 Å². The molecule has 0 bridgehead atoms. The molecule has 1 aliphatic heterocycles. The minimum atomic E-state index is -4.95. The molecule has 22 heteroatoms. The second-order valence-electron chi connectivity index (χ2n) is 9.61. The summed E-state index contributed by atoms with van der Waals surface area (Å²) in [6.45, 7) is 1.38. The Labute approximate surface area is 296 Å². The lowest BCUT2D eigenvalue weighted by Crippen LogP contribution is -2.24. The maximum atomic E-state index is 13.5. The standard InChI is InChI=1S/C29H22N4O14S4/c1-2-47-29(38)26-19(28(37)33(31-26)21-15-17(49-40)9-11-24(21)51(44,45)46)7-5-3-4-6-18-25(22(35)12-13-34)30-32(27(18)36)20-14-16(48-39)8-10-23(20)50(41,42)43/h3-11,14-15,31,34,39-40H,2H2,1H3,(H,41,42,43)(H,44,45,46)/b4-3?,7-5?,18-6-. The molecule has 0 saturated heterocycles. The number of Topliss-reactive ketones (excluding diaryl/α,β-unsaturated/α-hetero) is 1. The predicted octanol–water partition coefficient (Wildman–Crippen LogP) is 2.77. The molecule has 0 atom stereocenters. The fourth-order valence-electron chi connectivity index (χ4n) is 4.39. The number of carbonyl (C=O) groups is 3. The van der Waals surface area contributed by atoms with Crippen LogP contribution in [0, 0.1) is 12.0 Å². The van der Waals surface area contributed by atoms with Crippen LogP contribution in [0.3, 0.4) is 0 Å². The molecule has 0 unspecified atom stereocenters. The third-order valence-electron chi connectivity index (χ3n) is 6.51. The van der Waals surface area contributed by atoms with Gasteiger partial charge in [-0.3, -0.25) is 28.6 Å². The Balaban J connectivity index is 1.78. The lowest BCUT2D eigenvalue weighted by molar-refractivity contribution is -0.114. The minimum Gasteiger partial charge on any atom is -0.462 e. The van der Waals surface area contributed by atoms with E-state index < -0.39 is 81.6 Å². The van der Waals surface area contributed by atoms with Crippen molar-refractivity contribution in [3.8, 4) is 17.7 Å². The molecule has 51 heavy (non-hydrogen) atoms. The molecule has 1 aliphatic rings. The van der Waals surface area contributed by atoms with Gasteiger partial charge in [-0.1, -0.05) is 18.2 Å². The number of hydrogen-bond donors (Lipinski definition) is 6. The van der Waals surface area contributed by atoms with E-state index in [-0.39, 0.29) is 46.0 Å². The van der Waals surface area contributed by atoms with E-state index in [9.17, 15) is 54.2 Å². The van der Waals surface area contributed by atoms with Gasteiger partial charge in [0.25, 0.3) is 37.5 Å². The van der Waals surface area contributed by atoms with E-state index in [0.29, 0.717) is 9.69 Å². The third kappa shape index (κ3) is 8.39. The number of ether oxygens (including phenoxy) is 1. The van der Waals surface area contributed by atoms with Gasteiger partial charge in [0.05, 0.1) is 29.1 Å². The number of anilines is 1. The number of hydrazone groups is 1. The van der Waals surface area contributed by atoms with Crippen molar-refractivity contribution < 1.29 is 59.3 Å². The van der Waals surface area contributed by atoms with Crippen LogP contribution in [0.15, 0.2) is 95.8 Å². The van der Waals surface area contributed by atoms with E-state index >= 15 is 0 Å². The molecule has 1 amide bonds. The Morgan fingerprint density at radius 2 is 1.53 bits per heavy atom. The second kappa shape index (κ2) is 15.7. The summed E-state index contributed by atoms with van der Waals surface area (Å²) in [5.74, 6) is -1.49. The lowest BCUT2D eigenvalue weighted by atomic mass is 10.1. The molecule has 2 heterocycles. The van der Waals surface area contributed by atoms with Crippen LogP contribution in [0.4, 0.5) is 5.69 Å². The van der Waals surface area contributed by atoms with Crippen LogP contribution >= 0.6 is 24.1 Å². The smallest absolute Gasteiger partial charge is 0.357 e. The van der Waals surface area contributed by atoms with Crippen molar-refractivity contribution >= 4 is 79.5 Å². The average Bonchev–Trinajstić information content (AvgIpc) is 3.59. The Morgan fingerprint density at radius 1 is 0.941 bits per heavy atom. The number of aromatic nitrogens is 2. The predicted molar refractivity (Wildman–Crippen MR) is 181 cm³/mol. The minimum absolute atomic E-state index is 0.0334. The molecule has 6 N–H and O–H groups in total. The first-order valence-corrected chi connectivity index (χ1v) is 18.1. The van der Waals surface area contributed by atoms with E-state index in [2.05, 4.69) is 10.2 Å². The molecule has 18 nitrogen and oxygen atoms in total. The topological polar surface area (TPSA) is 283 Å². The SMILES string of the molecule is CCOC(=O)c1[nH]n(-c2cc(SO)ccc2S(=O)(=O)O)c(=O)c1C=CC=C/C=C1\C(=O)N(c2cc(SO)ccc2S(=O)(=O)O)N=C1C(=O)C#CO. The number of nitrogens with zero attached hydrogens (tertiary/aromatic N) is 3. The number of esters is 1. The number of aliphatic hydroxyl groups excluding tert-OH is 1. The van der Waals surface area contributed by atoms with Gasteiger partial charge in [0, 0.05) is 39.8 Å². The van der Waals surface area contributed by atoms with Crippen LogP contribution in [0.2, 0.25) is 0 Å². The normalized spacial score (nSPS) is 14.3. The molecule has 0 spiro atoms. The number of carbonyl (C=O) groups excluding carboxylic acids is 3. The number of allylic oxidation sites excluding steroid dienone is 4. The quantitative estimate of drug-likeness (QED) is 0.0385. The maximum absolute atomic E-state index is 13.5. The Kier molecular flexibility index (Phi) is 11.9. The van der Waals surface area contributed by atoms with Gasteiger partial charge >= 0.3 is 5.97 Å². The number of nitrogens with one attached hydrogen (secondary N) is 1. The molecule has 0 radical (unpaired) electrons. The summed E-state index contributed by atoms with van der Waals surface area (Å²) >= 11 is 0.397. The number of hydrogen-bond acceptors (Lipinski definition) is 15. The van der Waals surface area contributed by atoms with E-state index in [1.165, 1.54) is 31.3 Å². The second-order valence-corrected chi connectivity index (χ2v) is 13.7. The van der Waals surface area contributed by atoms with Gasteiger partial charge in [-0.2, -0.15) is 26.9 Å². The molecular formula is C29H22N4O14S4. The zero-order valence-electron chi connectivity index (χ0n) is 25.4. The van der Waals surface area contributed by atoms with Crippen molar-refractivity contribution in [2.75, 3.05) is 11.6 Å². The van der Waals surface area contributed by atoms with Gasteiger partial charge in [0.2, 0.25) is 0 Å². The van der Waals surface area contributed by atoms with Gasteiger partial charge in [0.1, 0.15) is 15.9 Å². The van der Waals surface area contributed by atoms with Crippen molar-refractivity contribution in [2.24, 2.45) is 5.10 Å². The molecule has 0 saturated carbocycles. The third-order valence-corrected chi connectivity index (χ3v) is 9.24. The van der Waals surface area contributed by atoms with E-state index in [1.807, 2.05) is 0 Å². The number of aromatic amines is 1. The first kappa shape index (κ1) is 38.6. The fourth-order valence-corrected chi connectivity index (χ4v) is 6.28. The van der Waals surface area contributed by atoms with Gasteiger partial charge < -0.3 is 18.9 Å². The van der Waals surface area contributed by atoms with E-state index in [0.717, 1.165) is 48.6 Å². The van der Waals surface area contributed by atoms with Crippen LogP contribution in [0.5, 0.6) is 0 Å². The Bertz CT molecular complexity index is 2410. The van der Waals surface area contributed by atoms with Crippen LogP contribution < -0.4 is 10.6 Å². The molecule has 4 rings (SSSR count). The van der Waals surface area contributed by atoms with Gasteiger partial charge in [0.15, 0.2) is 11.4 Å². The van der Waals surface area contributed by atoms with Crippen molar-refractivity contribution in [1.29, 1.82) is 0 Å². The molecular weight excluding hydrogens is 757 g/mol. The van der Waals surface area contributed by atoms with Crippen LogP contribution in [0.1, 0.15) is 23.0 Å². The van der Waals surface area contributed by atoms with Gasteiger partial charge in [-0.25, -0.2) is 9.48 Å². The molecule has 0 fully saturated rings. The summed E-state index contributed by atoms with van der Waals surface area (Å²) in [4.78, 5) is 50.8. The van der Waals surface area contributed by atoms with Crippen LogP contribution in [-0.2, 0) is 34.6 Å². The number of aliphatic hydroxyl groups is 1. The highest BCUT2D eigenvalue weighted by Gasteiger charge is 2.37. The maximum Gasteiger partial charge on any atom is 0.357 e. The highest BCUT2D eigenvalue weighted by Crippen LogP contribution is 2.33. The first-order chi connectivity index (χ1) is 24.1. The number of ketones is 1. The molecule has 2 aromatic carbocycles. The van der Waals surface area contributed by atoms with Gasteiger partial charge in [-0.05, 0) is 55.5 Å². The molecule has 3 aromatic rings. The number of benzene rings is 2. The zero-order valence-corrected chi connectivity index (χ0v) is 28.7. The Hall–Kier alpha value is -5.25. The van der Waals surface area contributed by atoms with E-state index in [4.69, 9.17) is 9.84 Å². The van der Waals surface area contributed by atoms with Crippen molar-refractivity contribution in [3.05, 3.63) is 87.9 Å². The van der Waals surface area contributed by atoms with Crippen molar-refractivity contribution in [2.45, 2.75) is 26.5 Å². The summed E-state index contributed by atoms with van der Waals surface area (Å²) in [6.07, 6.45) is 7.09. The highest BCUT2D eigenvalue weighted by molar-refractivity contribution is 7.94. The monoisotopic (exact) mass is 778 g/mol. The largest absolute Gasteiger partial charge is 0.462 e. The number of H-pyrrole nitrogens is 1. The van der Waals surface area contributed by atoms with Crippen LogP contribution in [0.25, 0.3) is 11.8 Å². The van der Waals surface area contributed by atoms with Crippen molar-refractivity contribution in [1.82, 2.24) is 9.78 Å². The zero-order chi connectivity index (χ0) is 37.7. The Morgan fingerprint density at radius 3 is 2.08 bits per heavy atom. The van der Waals surface area contributed by atoms with E-state index in [1.54, 1.807) is 5.92 Å². The highest BCUT2D eigenvalue weighted by atomic mass is 32.2. The number of rotatable bonds is 12. The summed E-state index contributed by atoms with van der Waals surface area (Å²) in [5.41, 5.74) is -3.87. The van der Waals surface area contributed by atoms with Gasteiger partial charge in [-0.15, -0.1) is 0 Å². The summed E-state index contributed by atoms with van der Waals surface area (Å²) in [5, 5.41) is 15.7. The number of amides is 1. The molecule has 0 aliphatic carbocycles. The molecule has 1 aromatic heterocycles.